The van der Waals surface area contributed by atoms with Crippen molar-refractivity contribution < 1.29 is 14.6 Å². The van der Waals surface area contributed by atoms with E-state index in [1.54, 1.807) is 24.3 Å². The lowest BCUT2D eigenvalue weighted by molar-refractivity contribution is 0.0697. The van der Waals surface area contributed by atoms with Crippen LogP contribution >= 0.6 is 11.8 Å². The highest BCUT2D eigenvalue weighted by atomic mass is 32.2. The molecule has 0 aliphatic rings. The largest absolute Gasteiger partial charge is 0.493 e. The molecule has 0 radical (unpaired) electrons. The summed E-state index contributed by atoms with van der Waals surface area (Å²) in [5.74, 6) is 1.83. The molecule has 0 heterocycles. The number of carboxylic acids is 1. The van der Waals surface area contributed by atoms with Crippen LogP contribution in [0.4, 0.5) is 0 Å². The Morgan fingerprint density at radius 3 is 2.50 bits per heavy atom. The van der Waals surface area contributed by atoms with Crippen molar-refractivity contribution in [2.45, 2.75) is 0 Å². The molecular weight excluding hydrogens is 250 g/mol. The summed E-state index contributed by atoms with van der Waals surface area (Å²) in [4.78, 5) is 12.8. The van der Waals surface area contributed by atoms with E-state index >= 15 is 0 Å². The summed E-state index contributed by atoms with van der Waals surface area (Å²) in [5.41, 5.74) is 0.280. The lowest BCUT2D eigenvalue weighted by Crippen LogP contribution is -2.15. The van der Waals surface area contributed by atoms with Crippen LogP contribution in [0, 0.1) is 0 Å². The number of thioether (sulfide) groups is 1. The van der Waals surface area contributed by atoms with E-state index in [9.17, 15) is 4.79 Å². The topological polar surface area (TPSA) is 49.8 Å². The fourth-order valence-electron chi connectivity index (χ4n) is 1.26. The maximum atomic E-state index is 10.7. The quantitative estimate of drug-likeness (QED) is 0.732. The molecule has 0 aromatic heterocycles. The number of hydrogen-bond donors (Lipinski definition) is 1. The molecule has 0 amide bonds. The van der Waals surface area contributed by atoms with Gasteiger partial charge in [-0.3, -0.25) is 0 Å². The zero-order valence-corrected chi connectivity index (χ0v) is 11.6. The number of aromatic carboxylic acids is 1. The molecule has 1 aromatic rings. The molecule has 1 N–H and O–H groups in total. The van der Waals surface area contributed by atoms with Crippen molar-refractivity contribution in [2.75, 3.05) is 38.8 Å². The molecule has 0 bridgehead atoms. The van der Waals surface area contributed by atoms with E-state index in [4.69, 9.17) is 9.84 Å². The number of hydrogen-bond acceptors (Lipinski definition) is 4. The second-order valence-electron chi connectivity index (χ2n) is 4.09. The molecular formula is C13H19NO3S. The zero-order valence-electron chi connectivity index (χ0n) is 10.8. The molecule has 0 saturated carbocycles. The molecule has 100 valence electrons. The fraction of sp³-hybridized carbons (Fsp3) is 0.462. The zero-order chi connectivity index (χ0) is 13.4. The highest BCUT2D eigenvalue weighted by molar-refractivity contribution is 7.99. The Morgan fingerprint density at radius 1 is 1.28 bits per heavy atom. The minimum atomic E-state index is -0.916. The summed E-state index contributed by atoms with van der Waals surface area (Å²) < 4.78 is 5.52. The molecule has 0 unspecified atom stereocenters. The number of carboxylic acid groups (broad SMARTS) is 1. The third-order valence-electron chi connectivity index (χ3n) is 2.28. The Kier molecular flexibility index (Phi) is 6.60. The number of ether oxygens (including phenoxy) is 1. The van der Waals surface area contributed by atoms with Gasteiger partial charge in [-0.2, -0.15) is 11.8 Å². The van der Waals surface area contributed by atoms with E-state index in [0.717, 1.165) is 18.1 Å². The molecule has 0 saturated heterocycles. The predicted molar refractivity (Wildman–Crippen MR) is 74.8 cm³/mol. The molecule has 0 fully saturated rings. The van der Waals surface area contributed by atoms with E-state index in [-0.39, 0.29) is 5.56 Å². The number of benzene rings is 1. The van der Waals surface area contributed by atoms with Crippen molar-refractivity contribution in [3.05, 3.63) is 29.8 Å². The van der Waals surface area contributed by atoms with Crippen molar-refractivity contribution in [2.24, 2.45) is 0 Å². The Morgan fingerprint density at radius 2 is 1.94 bits per heavy atom. The van der Waals surface area contributed by atoms with Gasteiger partial charge in [0, 0.05) is 18.1 Å². The monoisotopic (exact) mass is 269 g/mol. The normalized spacial score (nSPS) is 10.6. The number of nitrogens with zero attached hydrogens (tertiary/aromatic N) is 1. The average Bonchev–Trinajstić information content (AvgIpc) is 2.34. The van der Waals surface area contributed by atoms with Gasteiger partial charge < -0.3 is 14.7 Å². The first kappa shape index (κ1) is 14.9. The SMILES string of the molecule is CN(C)CCSCCOc1ccc(C(=O)O)cc1. The fourth-order valence-corrected chi connectivity index (χ4v) is 2.16. The molecule has 18 heavy (non-hydrogen) atoms. The molecule has 0 aliphatic heterocycles. The van der Waals surface area contributed by atoms with Gasteiger partial charge in [0.1, 0.15) is 5.75 Å². The molecule has 5 heteroatoms. The molecule has 4 nitrogen and oxygen atoms in total. The first-order valence-electron chi connectivity index (χ1n) is 5.78. The van der Waals surface area contributed by atoms with Gasteiger partial charge in [0.15, 0.2) is 0 Å². The van der Waals surface area contributed by atoms with E-state index in [0.29, 0.717) is 12.4 Å². The Hall–Kier alpha value is -1.20. The number of carbonyl (C=O) groups is 1. The predicted octanol–water partition coefficient (Wildman–Crippen LogP) is 2.06. The molecule has 0 spiro atoms. The first-order chi connectivity index (χ1) is 8.59. The van der Waals surface area contributed by atoms with Gasteiger partial charge in [-0.05, 0) is 38.4 Å². The van der Waals surface area contributed by atoms with E-state index in [2.05, 4.69) is 19.0 Å². The summed E-state index contributed by atoms with van der Waals surface area (Å²) in [6.07, 6.45) is 0. The van der Waals surface area contributed by atoms with Crippen molar-refractivity contribution in [3.63, 3.8) is 0 Å². The molecule has 1 rings (SSSR count). The lowest BCUT2D eigenvalue weighted by Gasteiger charge is -2.09. The maximum absolute atomic E-state index is 10.7. The van der Waals surface area contributed by atoms with Crippen LogP contribution in [0.5, 0.6) is 5.75 Å². The highest BCUT2D eigenvalue weighted by Gasteiger charge is 2.01. The van der Waals surface area contributed by atoms with Crippen LogP contribution in [0.1, 0.15) is 10.4 Å². The Bertz CT molecular complexity index is 365. The molecule has 1 aromatic carbocycles. The van der Waals surface area contributed by atoms with Crippen LogP contribution in [0.25, 0.3) is 0 Å². The van der Waals surface area contributed by atoms with Crippen LogP contribution in [0.2, 0.25) is 0 Å². The average molecular weight is 269 g/mol. The van der Waals surface area contributed by atoms with Crippen molar-refractivity contribution in [1.29, 1.82) is 0 Å². The van der Waals surface area contributed by atoms with Gasteiger partial charge in [0.05, 0.1) is 12.2 Å². The van der Waals surface area contributed by atoms with Gasteiger partial charge in [0.25, 0.3) is 0 Å². The third-order valence-corrected chi connectivity index (χ3v) is 3.21. The standard InChI is InChI=1S/C13H19NO3S/c1-14(2)7-9-18-10-8-17-12-5-3-11(4-6-12)13(15)16/h3-6H,7-10H2,1-2H3,(H,15,16). The van der Waals surface area contributed by atoms with E-state index in [1.165, 1.54) is 0 Å². The minimum absolute atomic E-state index is 0.280. The second kappa shape index (κ2) is 8.00. The van der Waals surface area contributed by atoms with E-state index < -0.39 is 5.97 Å². The van der Waals surface area contributed by atoms with Crippen LogP contribution in [0.15, 0.2) is 24.3 Å². The second-order valence-corrected chi connectivity index (χ2v) is 5.32. The van der Waals surface area contributed by atoms with Gasteiger partial charge in [-0.1, -0.05) is 0 Å². The van der Waals surface area contributed by atoms with E-state index in [1.807, 2.05) is 11.8 Å². The van der Waals surface area contributed by atoms with Crippen molar-refractivity contribution in [3.8, 4) is 5.75 Å². The Labute approximate surface area is 112 Å². The highest BCUT2D eigenvalue weighted by Crippen LogP contribution is 2.12. The van der Waals surface area contributed by atoms with Crippen molar-refractivity contribution in [1.82, 2.24) is 4.90 Å². The van der Waals surface area contributed by atoms with Gasteiger partial charge in [0.2, 0.25) is 0 Å². The third kappa shape index (κ3) is 5.93. The van der Waals surface area contributed by atoms with Crippen LogP contribution in [0.3, 0.4) is 0 Å². The lowest BCUT2D eigenvalue weighted by atomic mass is 10.2. The van der Waals surface area contributed by atoms with Gasteiger partial charge in [-0.15, -0.1) is 0 Å². The van der Waals surface area contributed by atoms with Gasteiger partial charge in [-0.25, -0.2) is 4.79 Å². The Balaban J connectivity index is 2.17. The van der Waals surface area contributed by atoms with Crippen LogP contribution in [-0.2, 0) is 0 Å². The first-order valence-corrected chi connectivity index (χ1v) is 6.93. The van der Waals surface area contributed by atoms with Gasteiger partial charge >= 0.3 is 5.97 Å². The summed E-state index contributed by atoms with van der Waals surface area (Å²) in [6.45, 7) is 1.71. The molecule has 0 atom stereocenters. The van der Waals surface area contributed by atoms with Crippen LogP contribution in [-0.4, -0.2) is 54.7 Å². The summed E-state index contributed by atoms with van der Waals surface area (Å²) in [7, 11) is 4.11. The minimum Gasteiger partial charge on any atom is -0.493 e. The van der Waals surface area contributed by atoms with Crippen LogP contribution < -0.4 is 4.74 Å². The summed E-state index contributed by atoms with van der Waals surface area (Å²) >= 11 is 1.85. The maximum Gasteiger partial charge on any atom is 0.335 e. The van der Waals surface area contributed by atoms with Crippen molar-refractivity contribution >= 4 is 17.7 Å². The summed E-state index contributed by atoms with van der Waals surface area (Å²) in [5, 5.41) is 8.75. The number of rotatable bonds is 8. The molecule has 0 aliphatic carbocycles. The summed E-state index contributed by atoms with van der Waals surface area (Å²) in [6, 6.07) is 6.48. The smallest absolute Gasteiger partial charge is 0.335 e.